The molecule has 0 unspecified atom stereocenters. The lowest BCUT2D eigenvalue weighted by Gasteiger charge is -2.11. The van der Waals surface area contributed by atoms with Crippen LogP contribution in [0.2, 0.25) is 5.02 Å². The minimum Gasteiger partial charge on any atom is -0.283 e. The fourth-order valence-corrected chi connectivity index (χ4v) is 3.53. The van der Waals surface area contributed by atoms with Crippen LogP contribution in [0.15, 0.2) is 65.1 Å². The maximum Gasteiger partial charge on any atom is 0.262 e. The van der Waals surface area contributed by atoms with Crippen LogP contribution in [0.3, 0.4) is 0 Å². The second-order valence-corrected chi connectivity index (χ2v) is 6.74. The summed E-state index contributed by atoms with van der Waals surface area (Å²) >= 11 is 7.49. The predicted molar refractivity (Wildman–Crippen MR) is 102 cm³/mol. The van der Waals surface area contributed by atoms with Gasteiger partial charge in [-0.05, 0) is 35.9 Å². The Labute approximate surface area is 154 Å². The van der Waals surface area contributed by atoms with Crippen LogP contribution < -0.4 is 5.56 Å². The maximum atomic E-state index is 12.7. The largest absolute Gasteiger partial charge is 0.283 e. The van der Waals surface area contributed by atoms with Gasteiger partial charge < -0.3 is 0 Å². The van der Waals surface area contributed by atoms with Crippen molar-refractivity contribution < 1.29 is 0 Å². The van der Waals surface area contributed by atoms with Crippen molar-refractivity contribution in [3.8, 4) is 6.07 Å². The quantitative estimate of drug-likeness (QED) is 0.381. The van der Waals surface area contributed by atoms with Gasteiger partial charge in [0.15, 0.2) is 5.16 Å². The highest BCUT2D eigenvalue weighted by Gasteiger charge is 2.11. The Bertz CT molecular complexity index is 1040. The zero-order valence-corrected chi connectivity index (χ0v) is 14.8. The van der Waals surface area contributed by atoms with Gasteiger partial charge in [0.2, 0.25) is 0 Å². The van der Waals surface area contributed by atoms with Gasteiger partial charge in [0.05, 0.1) is 22.5 Å². The van der Waals surface area contributed by atoms with E-state index in [1.54, 1.807) is 41.0 Å². The Morgan fingerprint density at radius 3 is 2.72 bits per heavy atom. The van der Waals surface area contributed by atoms with E-state index >= 15 is 0 Å². The van der Waals surface area contributed by atoms with E-state index in [0.717, 1.165) is 5.56 Å². The summed E-state index contributed by atoms with van der Waals surface area (Å²) in [5.41, 5.74) is 2.15. The molecule has 3 aromatic rings. The zero-order chi connectivity index (χ0) is 17.8. The van der Waals surface area contributed by atoms with Gasteiger partial charge in [-0.15, -0.1) is 6.58 Å². The van der Waals surface area contributed by atoms with Crippen LogP contribution in [0.1, 0.15) is 11.1 Å². The first kappa shape index (κ1) is 17.3. The molecule has 0 radical (unpaired) electrons. The van der Waals surface area contributed by atoms with Crippen LogP contribution in [0.25, 0.3) is 10.9 Å². The third kappa shape index (κ3) is 3.76. The van der Waals surface area contributed by atoms with E-state index < -0.39 is 0 Å². The van der Waals surface area contributed by atoms with Crippen molar-refractivity contribution in [2.75, 3.05) is 0 Å². The predicted octanol–water partition coefficient (Wildman–Crippen LogP) is 4.40. The van der Waals surface area contributed by atoms with Crippen LogP contribution >= 0.6 is 23.4 Å². The Balaban J connectivity index is 1.98. The van der Waals surface area contributed by atoms with Crippen molar-refractivity contribution in [3.63, 3.8) is 0 Å². The molecule has 0 atom stereocenters. The molecule has 1 aromatic heterocycles. The lowest BCUT2D eigenvalue weighted by atomic mass is 10.2. The van der Waals surface area contributed by atoms with Gasteiger partial charge >= 0.3 is 0 Å². The summed E-state index contributed by atoms with van der Waals surface area (Å²) in [6, 6.07) is 14.5. The summed E-state index contributed by atoms with van der Waals surface area (Å²) in [6.07, 6.45) is 1.68. The van der Waals surface area contributed by atoms with E-state index in [2.05, 4.69) is 17.6 Å². The van der Waals surface area contributed by atoms with E-state index in [1.807, 2.05) is 12.1 Å². The highest BCUT2D eigenvalue weighted by molar-refractivity contribution is 7.98. The van der Waals surface area contributed by atoms with Crippen LogP contribution in [-0.2, 0) is 12.3 Å². The molecular weight excluding hydrogens is 354 g/mol. The number of hydrogen-bond acceptors (Lipinski definition) is 4. The Kier molecular flexibility index (Phi) is 5.22. The first-order chi connectivity index (χ1) is 12.1. The molecule has 0 saturated carbocycles. The van der Waals surface area contributed by atoms with E-state index in [1.165, 1.54) is 11.8 Å². The van der Waals surface area contributed by atoms with E-state index in [4.69, 9.17) is 16.9 Å². The van der Waals surface area contributed by atoms with Gasteiger partial charge in [-0.25, -0.2) is 4.98 Å². The van der Waals surface area contributed by atoms with Gasteiger partial charge in [-0.3, -0.25) is 9.36 Å². The summed E-state index contributed by atoms with van der Waals surface area (Å²) in [5.74, 6) is 0.640. The molecule has 0 amide bonds. The van der Waals surface area contributed by atoms with Gasteiger partial charge in [0.1, 0.15) is 0 Å². The lowest BCUT2D eigenvalue weighted by molar-refractivity contribution is 0.671. The summed E-state index contributed by atoms with van der Waals surface area (Å²) in [4.78, 5) is 17.3. The average Bonchev–Trinajstić information content (AvgIpc) is 2.63. The molecule has 0 bridgehead atoms. The summed E-state index contributed by atoms with van der Waals surface area (Å²) in [6.45, 7) is 4.11. The highest BCUT2D eigenvalue weighted by Crippen LogP contribution is 2.23. The third-order valence-corrected chi connectivity index (χ3v) is 4.93. The molecule has 2 aromatic carbocycles. The number of fused-ring (bicyclic) bond motifs is 1. The third-order valence-electron chi connectivity index (χ3n) is 3.64. The molecule has 0 saturated heterocycles. The fourth-order valence-electron chi connectivity index (χ4n) is 2.40. The second kappa shape index (κ2) is 7.56. The van der Waals surface area contributed by atoms with E-state index in [-0.39, 0.29) is 5.56 Å². The molecule has 0 spiro atoms. The monoisotopic (exact) mass is 367 g/mol. The van der Waals surface area contributed by atoms with Crippen molar-refractivity contribution in [1.82, 2.24) is 9.55 Å². The number of nitriles is 1. The molecule has 0 aliphatic heterocycles. The van der Waals surface area contributed by atoms with Gasteiger partial charge in [-0.1, -0.05) is 41.6 Å². The first-order valence-corrected chi connectivity index (χ1v) is 8.91. The summed E-state index contributed by atoms with van der Waals surface area (Å²) in [7, 11) is 0. The molecule has 25 heavy (non-hydrogen) atoms. The average molecular weight is 368 g/mol. The molecule has 1 heterocycles. The second-order valence-electron chi connectivity index (χ2n) is 5.36. The SMILES string of the molecule is C=CCn1c(SCc2ccc(C#N)cc2)nc2cc(Cl)ccc2c1=O. The van der Waals surface area contributed by atoms with Gasteiger partial charge in [0.25, 0.3) is 5.56 Å². The molecule has 0 aliphatic carbocycles. The number of halogens is 1. The standard InChI is InChI=1S/C19H14ClN3OS/c1-2-9-23-18(24)16-8-7-15(20)10-17(16)22-19(23)25-12-14-5-3-13(11-21)4-6-14/h2-8,10H,1,9,12H2. The van der Waals surface area contributed by atoms with E-state index in [9.17, 15) is 4.79 Å². The van der Waals surface area contributed by atoms with Crippen molar-refractivity contribution in [2.24, 2.45) is 0 Å². The zero-order valence-electron chi connectivity index (χ0n) is 13.3. The maximum absolute atomic E-state index is 12.7. The van der Waals surface area contributed by atoms with Gasteiger partial charge in [-0.2, -0.15) is 5.26 Å². The van der Waals surface area contributed by atoms with Gasteiger partial charge in [0, 0.05) is 17.3 Å². The van der Waals surface area contributed by atoms with E-state index in [0.29, 0.717) is 38.9 Å². The Morgan fingerprint density at radius 1 is 1.28 bits per heavy atom. The van der Waals surface area contributed by atoms with Crippen LogP contribution in [-0.4, -0.2) is 9.55 Å². The first-order valence-electron chi connectivity index (χ1n) is 7.55. The number of rotatable bonds is 5. The van der Waals surface area contributed by atoms with Crippen LogP contribution in [0.4, 0.5) is 0 Å². The minimum absolute atomic E-state index is 0.108. The normalized spacial score (nSPS) is 10.6. The molecule has 3 rings (SSSR count). The number of nitrogens with zero attached hydrogens (tertiary/aromatic N) is 3. The Morgan fingerprint density at radius 2 is 2.04 bits per heavy atom. The summed E-state index contributed by atoms with van der Waals surface area (Å²) < 4.78 is 1.61. The number of hydrogen-bond donors (Lipinski definition) is 0. The molecule has 4 nitrogen and oxygen atoms in total. The lowest BCUT2D eigenvalue weighted by Crippen LogP contribution is -2.22. The van der Waals surface area contributed by atoms with Crippen LogP contribution in [0.5, 0.6) is 0 Å². The number of benzene rings is 2. The number of allylic oxidation sites excluding steroid dienone is 1. The molecule has 0 fully saturated rings. The Hall–Kier alpha value is -2.55. The van der Waals surface area contributed by atoms with Crippen molar-refractivity contribution >= 4 is 34.3 Å². The molecule has 0 aliphatic rings. The van der Waals surface area contributed by atoms with Crippen molar-refractivity contribution in [2.45, 2.75) is 17.5 Å². The number of thioether (sulfide) groups is 1. The number of aromatic nitrogens is 2. The topological polar surface area (TPSA) is 58.7 Å². The van der Waals surface area contributed by atoms with Crippen molar-refractivity contribution in [1.29, 1.82) is 5.26 Å². The summed E-state index contributed by atoms with van der Waals surface area (Å²) in [5, 5.41) is 10.6. The van der Waals surface area contributed by atoms with Crippen molar-refractivity contribution in [3.05, 3.63) is 81.6 Å². The molecular formula is C19H14ClN3OS. The smallest absolute Gasteiger partial charge is 0.262 e. The molecule has 0 N–H and O–H groups in total. The molecule has 124 valence electrons. The minimum atomic E-state index is -0.108. The van der Waals surface area contributed by atoms with Crippen LogP contribution in [0, 0.1) is 11.3 Å². The fraction of sp³-hybridized carbons (Fsp3) is 0.105. The highest BCUT2D eigenvalue weighted by atomic mass is 35.5. The molecule has 6 heteroatoms.